The van der Waals surface area contributed by atoms with Crippen molar-refractivity contribution in [3.63, 3.8) is 0 Å². The van der Waals surface area contributed by atoms with Gasteiger partial charge in [-0.3, -0.25) is 4.79 Å². The van der Waals surface area contributed by atoms with E-state index in [9.17, 15) is 19.7 Å². The summed E-state index contributed by atoms with van der Waals surface area (Å²) in [5.41, 5.74) is 0.413. The van der Waals surface area contributed by atoms with Gasteiger partial charge < -0.3 is 20.2 Å². The Hall–Kier alpha value is -3.57. The Morgan fingerprint density at radius 1 is 1.40 bits per heavy atom. The van der Waals surface area contributed by atoms with Crippen LogP contribution in [0.25, 0.3) is 0 Å². The van der Waals surface area contributed by atoms with Crippen molar-refractivity contribution in [2.24, 2.45) is 0 Å². The summed E-state index contributed by atoms with van der Waals surface area (Å²) in [5.74, 6) is -1.59. The number of esters is 1. The first kappa shape index (κ1) is 17.8. The number of amides is 1. The SMILES string of the molecule is CCOC(=O)/C=C(\C)NC(=O)c1ccn(Cn2cnc([N+](=O)[O-])n2)n1. The second kappa shape index (κ2) is 7.81. The van der Waals surface area contributed by atoms with Crippen LogP contribution in [0.1, 0.15) is 24.3 Å². The van der Waals surface area contributed by atoms with Crippen LogP contribution >= 0.6 is 0 Å². The number of aromatic nitrogens is 5. The number of allylic oxidation sites excluding steroid dienone is 1. The molecule has 2 heterocycles. The van der Waals surface area contributed by atoms with Crippen LogP contribution in [-0.4, -0.2) is 48.0 Å². The Kier molecular flexibility index (Phi) is 5.55. The third-order valence-corrected chi connectivity index (χ3v) is 2.78. The number of ether oxygens (including phenoxy) is 1. The van der Waals surface area contributed by atoms with E-state index in [1.165, 1.54) is 28.0 Å². The summed E-state index contributed by atoms with van der Waals surface area (Å²) in [6, 6.07) is 1.46. The maximum absolute atomic E-state index is 12.0. The van der Waals surface area contributed by atoms with E-state index in [0.717, 1.165) is 6.08 Å². The number of hydrogen-bond acceptors (Lipinski definition) is 8. The first-order chi connectivity index (χ1) is 11.9. The molecule has 0 unspecified atom stereocenters. The highest BCUT2D eigenvalue weighted by Crippen LogP contribution is 2.02. The molecule has 0 aliphatic heterocycles. The Balaban J connectivity index is 1.98. The third-order valence-electron chi connectivity index (χ3n) is 2.78. The lowest BCUT2D eigenvalue weighted by Crippen LogP contribution is -2.23. The summed E-state index contributed by atoms with van der Waals surface area (Å²) >= 11 is 0. The number of rotatable bonds is 7. The van der Waals surface area contributed by atoms with Crippen molar-refractivity contribution in [3.05, 3.63) is 46.2 Å². The molecule has 0 saturated carbocycles. The van der Waals surface area contributed by atoms with Gasteiger partial charge in [-0.25, -0.2) is 9.48 Å². The second-order valence-corrected chi connectivity index (χ2v) is 4.76. The van der Waals surface area contributed by atoms with Gasteiger partial charge in [0.25, 0.3) is 5.91 Å². The number of nitrogens with zero attached hydrogens (tertiary/aromatic N) is 6. The van der Waals surface area contributed by atoms with Crippen molar-refractivity contribution in [1.82, 2.24) is 29.9 Å². The smallest absolute Gasteiger partial charge is 0.463 e. The van der Waals surface area contributed by atoms with E-state index in [0.29, 0.717) is 5.70 Å². The first-order valence-electron chi connectivity index (χ1n) is 7.12. The normalized spacial score (nSPS) is 11.2. The first-order valence-corrected chi connectivity index (χ1v) is 7.12. The largest absolute Gasteiger partial charge is 0.491 e. The third kappa shape index (κ3) is 4.95. The highest BCUT2D eigenvalue weighted by Gasteiger charge is 2.15. The minimum absolute atomic E-state index is 0.0474. The van der Waals surface area contributed by atoms with E-state index in [1.54, 1.807) is 13.8 Å². The molecule has 12 heteroatoms. The molecule has 0 spiro atoms. The summed E-state index contributed by atoms with van der Waals surface area (Å²) in [6.07, 6.45) is 3.85. The van der Waals surface area contributed by atoms with Gasteiger partial charge in [0.1, 0.15) is 0 Å². The lowest BCUT2D eigenvalue weighted by atomic mass is 10.3. The van der Waals surface area contributed by atoms with Gasteiger partial charge in [-0.05, 0) is 24.8 Å². The molecule has 2 rings (SSSR count). The molecular formula is C13H15N7O5. The van der Waals surface area contributed by atoms with Crippen molar-refractivity contribution < 1.29 is 19.2 Å². The van der Waals surface area contributed by atoms with Gasteiger partial charge in [0, 0.05) is 23.1 Å². The Labute approximate surface area is 141 Å². The topological polar surface area (TPSA) is 147 Å². The van der Waals surface area contributed by atoms with Gasteiger partial charge in [0.05, 0.1) is 6.61 Å². The number of nitro groups is 1. The van der Waals surface area contributed by atoms with E-state index in [-0.39, 0.29) is 19.0 Å². The zero-order valence-electron chi connectivity index (χ0n) is 13.4. The van der Waals surface area contributed by atoms with Crippen LogP contribution in [0.3, 0.4) is 0 Å². The molecule has 25 heavy (non-hydrogen) atoms. The molecule has 0 atom stereocenters. The molecule has 0 fully saturated rings. The molecular weight excluding hydrogens is 334 g/mol. The van der Waals surface area contributed by atoms with Crippen molar-refractivity contribution in [1.29, 1.82) is 0 Å². The standard InChI is InChI=1S/C13H15N7O5/c1-3-25-11(21)6-9(2)15-12(22)10-4-5-18(16-10)8-19-7-14-13(17-19)20(23)24/h4-7H,3,8H2,1-2H3,(H,15,22)/b9-6+. The molecule has 0 aromatic carbocycles. The fourth-order valence-corrected chi connectivity index (χ4v) is 1.79. The number of carbonyl (C=O) groups excluding carboxylic acids is 2. The van der Waals surface area contributed by atoms with Gasteiger partial charge >= 0.3 is 11.9 Å². The summed E-state index contributed by atoms with van der Waals surface area (Å²) in [5, 5.41) is 20.7. The average Bonchev–Trinajstić information content (AvgIpc) is 3.17. The average molecular weight is 349 g/mol. The van der Waals surface area contributed by atoms with Gasteiger partial charge in [0.2, 0.25) is 6.33 Å². The maximum Gasteiger partial charge on any atom is 0.491 e. The summed E-state index contributed by atoms with van der Waals surface area (Å²) in [6.45, 7) is 3.50. The predicted octanol–water partition coefficient (Wildman–Crippen LogP) is 0.0853. The van der Waals surface area contributed by atoms with Gasteiger partial charge in [-0.2, -0.15) is 9.78 Å². The minimum Gasteiger partial charge on any atom is -0.463 e. The van der Waals surface area contributed by atoms with E-state index < -0.39 is 22.7 Å². The maximum atomic E-state index is 12.0. The summed E-state index contributed by atoms with van der Waals surface area (Å²) in [7, 11) is 0. The van der Waals surface area contributed by atoms with Crippen LogP contribution in [0.5, 0.6) is 0 Å². The highest BCUT2D eigenvalue weighted by molar-refractivity contribution is 5.94. The number of hydrogen-bond donors (Lipinski definition) is 1. The molecule has 0 aliphatic carbocycles. The Morgan fingerprint density at radius 3 is 2.80 bits per heavy atom. The monoisotopic (exact) mass is 349 g/mol. The fraction of sp³-hybridized carbons (Fsp3) is 0.308. The Morgan fingerprint density at radius 2 is 2.16 bits per heavy atom. The predicted molar refractivity (Wildman–Crippen MR) is 82.2 cm³/mol. The molecule has 0 bridgehead atoms. The highest BCUT2D eigenvalue weighted by atomic mass is 16.6. The van der Waals surface area contributed by atoms with Crippen molar-refractivity contribution >= 4 is 17.8 Å². The lowest BCUT2D eigenvalue weighted by Gasteiger charge is -2.03. The molecule has 0 radical (unpaired) electrons. The number of carbonyl (C=O) groups is 2. The second-order valence-electron chi connectivity index (χ2n) is 4.76. The van der Waals surface area contributed by atoms with Gasteiger partial charge in [-0.15, -0.1) is 0 Å². The minimum atomic E-state index is -0.711. The van der Waals surface area contributed by atoms with Crippen molar-refractivity contribution in [3.8, 4) is 0 Å². The van der Waals surface area contributed by atoms with Crippen LogP contribution in [-0.2, 0) is 16.2 Å². The van der Waals surface area contributed by atoms with Crippen LogP contribution in [0.4, 0.5) is 5.95 Å². The van der Waals surface area contributed by atoms with Crippen LogP contribution in [0, 0.1) is 10.1 Å². The molecule has 0 saturated heterocycles. The van der Waals surface area contributed by atoms with Crippen LogP contribution in [0.2, 0.25) is 0 Å². The zero-order chi connectivity index (χ0) is 18.4. The number of nitrogens with one attached hydrogen (secondary N) is 1. The van der Waals surface area contributed by atoms with Crippen molar-refractivity contribution in [2.75, 3.05) is 6.61 Å². The molecule has 2 aromatic heterocycles. The van der Waals surface area contributed by atoms with E-state index >= 15 is 0 Å². The molecule has 132 valence electrons. The summed E-state index contributed by atoms with van der Waals surface area (Å²) < 4.78 is 7.31. The van der Waals surface area contributed by atoms with Crippen molar-refractivity contribution in [2.45, 2.75) is 20.5 Å². The lowest BCUT2D eigenvalue weighted by molar-refractivity contribution is -0.394. The van der Waals surface area contributed by atoms with E-state index in [2.05, 4.69) is 20.5 Å². The molecule has 12 nitrogen and oxygen atoms in total. The van der Waals surface area contributed by atoms with Gasteiger partial charge in [-0.1, -0.05) is 4.98 Å². The quantitative estimate of drug-likeness (QED) is 0.320. The zero-order valence-corrected chi connectivity index (χ0v) is 13.4. The molecule has 2 aromatic rings. The van der Waals surface area contributed by atoms with Gasteiger partial charge in [0.15, 0.2) is 12.4 Å². The molecule has 0 aliphatic rings. The Bertz CT molecular complexity index is 822. The van der Waals surface area contributed by atoms with E-state index in [4.69, 9.17) is 4.74 Å². The van der Waals surface area contributed by atoms with Crippen LogP contribution in [0.15, 0.2) is 30.4 Å². The van der Waals surface area contributed by atoms with Crippen LogP contribution < -0.4 is 5.32 Å². The summed E-state index contributed by atoms with van der Waals surface area (Å²) in [4.78, 5) is 36.7. The fourth-order valence-electron chi connectivity index (χ4n) is 1.79. The van der Waals surface area contributed by atoms with E-state index in [1.807, 2.05) is 0 Å². The molecule has 1 N–H and O–H groups in total. The molecule has 1 amide bonds.